The molecule has 0 heterocycles. The number of carbonyl (C=O) groups excluding carboxylic acids is 2. The number of methoxy groups -OCH3 is 1. The van der Waals surface area contributed by atoms with E-state index in [1.165, 1.54) is 19.2 Å². The van der Waals surface area contributed by atoms with E-state index in [9.17, 15) is 9.59 Å². The van der Waals surface area contributed by atoms with E-state index in [0.717, 1.165) is 0 Å². The van der Waals surface area contributed by atoms with Gasteiger partial charge in [-0.1, -0.05) is 0 Å². The molecule has 0 unspecified atom stereocenters. The molecule has 0 bridgehead atoms. The third kappa shape index (κ3) is 3.74. The van der Waals surface area contributed by atoms with Gasteiger partial charge in [0.1, 0.15) is 5.75 Å². The summed E-state index contributed by atoms with van der Waals surface area (Å²) in [4.78, 5) is 22.6. The van der Waals surface area contributed by atoms with E-state index in [-0.39, 0.29) is 24.5 Å². The van der Waals surface area contributed by atoms with Gasteiger partial charge in [-0.2, -0.15) is 0 Å². The van der Waals surface area contributed by atoms with Crippen LogP contribution in [0.2, 0.25) is 0 Å². The van der Waals surface area contributed by atoms with Crippen molar-refractivity contribution in [3.63, 3.8) is 0 Å². The van der Waals surface area contributed by atoms with E-state index >= 15 is 0 Å². The van der Waals surface area contributed by atoms with Crippen LogP contribution in [0.25, 0.3) is 0 Å². The zero-order chi connectivity index (χ0) is 13.5. The summed E-state index contributed by atoms with van der Waals surface area (Å²) in [6.45, 7) is -0.0497. The first-order valence-electron chi connectivity index (χ1n) is 5.47. The van der Waals surface area contributed by atoms with Crippen molar-refractivity contribution >= 4 is 17.5 Å². The molecule has 0 atom stereocenters. The van der Waals surface area contributed by atoms with Crippen molar-refractivity contribution in [2.24, 2.45) is 5.73 Å². The lowest BCUT2D eigenvalue weighted by Gasteiger charge is -2.11. The highest BCUT2D eigenvalue weighted by Gasteiger charge is 2.10. The molecule has 0 fully saturated rings. The summed E-state index contributed by atoms with van der Waals surface area (Å²) in [5, 5.41) is 11.2. The van der Waals surface area contributed by atoms with E-state index in [1.807, 2.05) is 0 Å². The molecular weight excluding hydrogens is 236 g/mol. The number of aliphatic hydroxyl groups excluding tert-OH is 1. The molecule has 1 rings (SSSR count). The highest BCUT2D eigenvalue weighted by atomic mass is 16.5. The molecule has 0 saturated carbocycles. The molecule has 6 nitrogen and oxygen atoms in total. The lowest BCUT2D eigenvalue weighted by Crippen LogP contribution is -2.15. The normalized spacial score (nSPS) is 9.89. The topological polar surface area (TPSA) is 102 Å². The van der Waals surface area contributed by atoms with Crippen molar-refractivity contribution in [3.05, 3.63) is 23.8 Å². The molecule has 1 aromatic carbocycles. The molecule has 0 aliphatic heterocycles. The lowest BCUT2D eigenvalue weighted by molar-refractivity contribution is -0.116. The highest BCUT2D eigenvalue weighted by molar-refractivity contribution is 5.97. The van der Waals surface area contributed by atoms with Gasteiger partial charge in [-0.3, -0.25) is 9.59 Å². The predicted octanol–water partition coefficient (Wildman–Crippen LogP) is 0.505. The van der Waals surface area contributed by atoms with Gasteiger partial charge in [0.15, 0.2) is 0 Å². The van der Waals surface area contributed by atoms with Crippen LogP contribution in [0.3, 0.4) is 0 Å². The smallest absolute Gasteiger partial charge is 0.248 e. The lowest BCUT2D eigenvalue weighted by atomic mass is 10.1. The Morgan fingerprint density at radius 3 is 2.72 bits per heavy atom. The Kier molecular flexibility index (Phi) is 5.13. The second kappa shape index (κ2) is 6.61. The van der Waals surface area contributed by atoms with Gasteiger partial charge in [0.05, 0.1) is 12.8 Å². The number of primary amides is 1. The maximum atomic E-state index is 11.5. The molecule has 1 aromatic rings. The molecule has 6 heteroatoms. The van der Waals surface area contributed by atoms with Crippen molar-refractivity contribution in [3.8, 4) is 5.75 Å². The molecule has 0 aliphatic rings. The van der Waals surface area contributed by atoms with Gasteiger partial charge in [-0.15, -0.1) is 0 Å². The van der Waals surface area contributed by atoms with E-state index in [0.29, 0.717) is 17.9 Å². The average molecular weight is 252 g/mol. The predicted molar refractivity (Wildman–Crippen MR) is 66.5 cm³/mol. The van der Waals surface area contributed by atoms with Gasteiger partial charge < -0.3 is 20.9 Å². The Morgan fingerprint density at radius 2 is 2.17 bits per heavy atom. The molecule has 4 N–H and O–H groups in total. The fraction of sp³-hybridized carbons (Fsp3) is 0.333. The maximum absolute atomic E-state index is 11.5. The summed E-state index contributed by atoms with van der Waals surface area (Å²) in [5.74, 6) is -0.398. The highest BCUT2D eigenvalue weighted by Crippen LogP contribution is 2.25. The molecule has 0 radical (unpaired) electrons. The largest absolute Gasteiger partial charge is 0.495 e. The van der Waals surface area contributed by atoms with Crippen LogP contribution in [0.1, 0.15) is 23.2 Å². The van der Waals surface area contributed by atoms with Gasteiger partial charge in [-0.25, -0.2) is 0 Å². The van der Waals surface area contributed by atoms with E-state index < -0.39 is 5.91 Å². The Morgan fingerprint density at radius 1 is 1.44 bits per heavy atom. The average Bonchev–Trinajstić information content (AvgIpc) is 2.36. The number of rotatable bonds is 6. The van der Waals surface area contributed by atoms with Crippen molar-refractivity contribution in [1.82, 2.24) is 0 Å². The molecule has 98 valence electrons. The van der Waals surface area contributed by atoms with Gasteiger partial charge >= 0.3 is 0 Å². The first kappa shape index (κ1) is 14.0. The summed E-state index contributed by atoms with van der Waals surface area (Å²) in [7, 11) is 1.46. The number of hydrogen-bond acceptors (Lipinski definition) is 4. The van der Waals surface area contributed by atoms with Crippen LogP contribution < -0.4 is 15.8 Å². The molecule has 2 amide bonds. The number of benzene rings is 1. The van der Waals surface area contributed by atoms with E-state index in [4.69, 9.17) is 15.6 Å². The Labute approximate surface area is 105 Å². The van der Waals surface area contributed by atoms with Crippen LogP contribution in [0.15, 0.2) is 18.2 Å². The SMILES string of the molecule is COc1ccc(C(N)=O)cc1NC(=O)CCCO. The third-order valence-electron chi connectivity index (χ3n) is 2.32. The van der Waals surface area contributed by atoms with Gasteiger partial charge in [0.2, 0.25) is 11.8 Å². The number of aliphatic hydroxyl groups is 1. The zero-order valence-corrected chi connectivity index (χ0v) is 10.1. The number of nitrogens with two attached hydrogens (primary N) is 1. The minimum Gasteiger partial charge on any atom is -0.495 e. The monoisotopic (exact) mass is 252 g/mol. The summed E-state index contributed by atoms with van der Waals surface area (Å²) in [6.07, 6.45) is 0.574. The maximum Gasteiger partial charge on any atom is 0.248 e. The molecule has 0 spiro atoms. The zero-order valence-electron chi connectivity index (χ0n) is 10.1. The van der Waals surface area contributed by atoms with Crippen LogP contribution in [-0.2, 0) is 4.79 Å². The number of hydrogen-bond donors (Lipinski definition) is 3. The second-order valence-corrected chi connectivity index (χ2v) is 3.65. The van der Waals surface area contributed by atoms with Crippen LogP contribution in [-0.4, -0.2) is 30.6 Å². The molecule has 0 aliphatic carbocycles. The number of ether oxygens (including phenoxy) is 1. The summed E-state index contributed by atoms with van der Waals surface area (Å²) >= 11 is 0. The molecule has 0 aromatic heterocycles. The molecule has 18 heavy (non-hydrogen) atoms. The standard InChI is InChI=1S/C12H16N2O4/c1-18-10-5-4-8(12(13)17)7-9(10)14-11(16)3-2-6-15/h4-5,7,15H,2-3,6H2,1H3,(H2,13,17)(H,14,16). The molecule has 0 saturated heterocycles. The van der Waals surface area contributed by atoms with Gasteiger partial charge in [0.25, 0.3) is 0 Å². The summed E-state index contributed by atoms with van der Waals surface area (Å²) in [5.41, 5.74) is 5.83. The van der Waals surface area contributed by atoms with E-state index in [2.05, 4.69) is 5.32 Å². The number of nitrogens with one attached hydrogen (secondary N) is 1. The van der Waals surface area contributed by atoms with Crippen molar-refractivity contribution in [2.45, 2.75) is 12.8 Å². The van der Waals surface area contributed by atoms with Crippen LogP contribution in [0.5, 0.6) is 5.75 Å². The van der Waals surface area contributed by atoms with Crippen molar-refractivity contribution in [1.29, 1.82) is 0 Å². The number of carbonyl (C=O) groups is 2. The van der Waals surface area contributed by atoms with Gasteiger partial charge in [0, 0.05) is 18.6 Å². The van der Waals surface area contributed by atoms with Crippen molar-refractivity contribution in [2.75, 3.05) is 19.0 Å². The number of anilines is 1. The Hall–Kier alpha value is -2.08. The van der Waals surface area contributed by atoms with Crippen molar-refractivity contribution < 1.29 is 19.4 Å². The van der Waals surface area contributed by atoms with Crippen LogP contribution >= 0.6 is 0 Å². The minimum atomic E-state index is -0.580. The Bertz CT molecular complexity index is 446. The summed E-state index contributed by atoms with van der Waals surface area (Å²) < 4.78 is 5.07. The summed E-state index contributed by atoms with van der Waals surface area (Å²) in [6, 6.07) is 4.53. The quantitative estimate of drug-likeness (QED) is 0.686. The van der Waals surface area contributed by atoms with Crippen LogP contribution in [0, 0.1) is 0 Å². The second-order valence-electron chi connectivity index (χ2n) is 3.65. The fourth-order valence-corrected chi connectivity index (χ4v) is 1.41. The first-order valence-corrected chi connectivity index (χ1v) is 5.47. The third-order valence-corrected chi connectivity index (χ3v) is 2.32. The first-order chi connectivity index (χ1) is 8.58. The Balaban J connectivity index is 2.87. The van der Waals surface area contributed by atoms with E-state index in [1.54, 1.807) is 6.07 Å². The van der Waals surface area contributed by atoms with Gasteiger partial charge in [-0.05, 0) is 24.6 Å². The fourth-order valence-electron chi connectivity index (χ4n) is 1.41. The number of amides is 2. The minimum absolute atomic E-state index is 0.0497. The van der Waals surface area contributed by atoms with Crippen LogP contribution in [0.4, 0.5) is 5.69 Å². The molecular formula is C12H16N2O4.